The van der Waals surface area contributed by atoms with Gasteiger partial charge >= 0.3 is 6.18 Å². The van der Waals surface area contributed by atoms with Crippen molar-refractivity contribution in [3.63, 3.8) is 0 Å². The van der Waals surface area contributed by atoms with Crippen LogP contribution in [0.25, 0.3) is 0 Å². The third-order valence-electron chi connectivity index (χ3n) is 3.54. The Bertz CT molecular complexity index is 616. The van der Waals surface area contributed by atoms with Gasteiger partial charge in [-0.15, -0.1) is 0 Å². The standard InChI is InChI=1S/C14H16F3N3O4/c15-14(16,17)11-7-10(8-12(9-11)20(22)23)13(21)18-1-2-19-3-5-24-6-4-19/h7-9H,1-6H2,(H,18,21). The van der Waals surface area contributed by atoms with Crippen molar-refractivity contribution in [3.05, 3.63) is 39.4 Å². The van der Waals surface area contributed by atoms with Gasteiger partial charge in [0, 0.05) is 43.9 Å². The minimum absolute atomic E-state index is 0.225. The van der Waals surface area contributed by atoms with Crippen molar-refractivity contribution in [1.82, 2.24) is 10.2 Å². The van der Waals surface area contributed by atoms with Crippen LogP contribution in [0.4, 0.5) is 18.9 Å². The number of morpholine rings is 1. The molecule has 1 aliphatic rings. The number of hydrogen-bond donors (Lipinski definition) is 1. The minimum Gasteiger partial charge on any atom is -0.379 e. The zero-order valence-corrected chi connectivity index (χ0v) is 12.6. The maximum Gasteiger partial charge on any atom is 0.416 e. The number of benzene rings is 1. The Kier molecular flexibility index (Phi) is 5.73. The van der Waals surface area contributed by atoms with Gasteiger partial charge in [0.1, 0.15) is 0 Å². The third kappa shape index (κ3) is 4.90. The van der Waals surface area contributed by atoms with Crippen molar-refractivity contribution in [1.29, 1.82) is 0 Å². The second kappa shape index (κ2) is 7.58. The number of halogens is 3. The predicted octanol–water partition coefficient (Wildman–Crippen LogP) is 1.68. The summed E-state index contributed by atoms with van der Waals surface area (Å²) in [5.41, 5.74) is -2.39. The molecule has 0 radical (unpaired) electrons. The van der Waals surface area contributed by atoms with Gasteiger partial charge in [0.2, 0.25) is 0 Å². The van der Waals surface area contributed by atoms with Crippen LogP contribution in [0.1, 0.15) is 15.9 Å². The van der Waals surface area contributed by atoms with Gasteiger partial charge in [-0.2, -0.15) is 13.2 Å². The van der Waals surface area contributed by atoms with E-state index in [1.54, 1.807) is 0 Å². The highest BCUT2D eigenvalue weighted by molar-refractivity contribution is 5.95. The fourth-order valence-electron chi connectivity index (χ4n) is 2.27. The molecule has 0 saturated carbocycles. The van der Waals surface area contributed by atoms with Crippen molar-refractivity contribution in [3.8, 4) is 0 Å². The van der Waals surface area contributed by atoms with E-state index < -0.39 is 33.8 Å². The number of hydrogen-bond acceptors (Lipinski definition) is 5. The SMILES string of the molecule is O=C(NCCN1CCOCC1)c1cc([N+](=O)[O-])cc(C(F)(F)F)c1. The molecule has 0 atom stereocenters. The maximum atomic E-state index is 12.8. The van der Waals surface area contributed by atoms with E-state index in [1.165, 1.54) is 0 Å². The van der Waals surface area contributed by atoms with E-state index in [9.17, 15) is 28.1 Å². The number of rotatable bonds is 5. The molecule has 0 bridgehead atoms. The summed E-state index contributed by atoms with van der Waals surface area (Å²) in [6, 6.07) is 1.85. The van der Waals surface area contributed by atoms with Crippen LogP contribution in [-0.4, -0.2) is 55.1 Å². The highest BCUT2D eigenvalue weighted by Gasteiger charge is 2.33. The molecule has 10 heteroatoms. The van der Waals surface area contributed by atoms with Gasteiger partial charge in [-0.3, -0.25) is 19.8 Å². The molecule has 0 spiro atoms. The highest BCUT2D eigenvalue weighted by Crippen LogP contribution is 2.32. The molecule has 1 aliphatic heterocycles. The van der Waals surface area contributed by atoms with Crippen LogP contribution in [0.2, 0.25) is 0 Å². The van der Waals surface area contributed by atoms with Gasteiger partial charge in [0.05, 0.1) is 23.7 Å². The topological polar surface area (TPSA) is 84.7 Å². The van der Waals surface area contributed by atoms with Crippen LogP contribution >= 0.6 is 0 Å². The number of nitro groups is 1. The second-order valence-corrected chi connectivity index (χ2v) is 5.23. The van der Waals surface area contributed by atoms with Crippen molar-refractivity contribution in [2.75, 3.05) is 39.4 Å². The summed E-state index contributed by atoms with van der Waals surface area (Å²) in [4.78, 5) is 23.8. The molecular weight excluding hydrogens is 331 g/mol. The summed E-state index contributed by atoms with van der Waals surface area (Å²) in [6.07, 6.45) is -4.77. The third-order valence-corrected chi connectivity index (χ3v) is 3.54. The molecule has 1 fully saturated rings. The van der Waals surface area contributed by atoms with Crippen LogP contribution in [0, 0.1) is 10.1 Å². The van der Waals surface area contributed by atoms with Crippen molar-refractivity contribution in [2.45, 2.75) is 6.18 Å². The Morgan fingerprint density at radius 1 is 1.29 bits per heavy atom. The van der Waals surface area contributed by atoms with Crippen molar-refractivity contribution in [2.24, 2.45) is 0 Å². The molecule has 1 amide bonds. The van der Waals surface area contributed by atoms with Gasteiger partial charge in [0.25, 0.3) is 11.6 Å². The molecule has 1 aromatic rings. The summed E-state index contributed by atoms with van der Waals surface area (Å²) in [5, 5.41) is 13.2. The Morgan fingerprint density at radius 2 is 1.96 bits per heavy atom. The Labute approximate surface area is 135 Å². The quantitative estimate of drug-likeness (QED) is 0.647. The number of carbonyl (C=O) groups is 1. The first kappa shape index (κ1) is 18.1. The molecule has 1 N–H and O–H groups in total. The van der Waals surface area contributed by atoms with Crippen LogP contribution in [-0.2, 0) is 10.9 Å². The Morgan fingerprint density at radius 3 is 2.54 bits per heavy atom. The summed E-state index contributed by atoms with van der Waals surface area (Å²) in [6.45, 7) is 3.36. The van der Waals surface area contributed by atoms with Crippen molar-refractivity contribution >= 4 is 11.6 Å². The molecule has 0 aromatic heterocycles. The lowest BCUT2D eigenvalue weighted by Gasteiger charge is -2.26. The normalized spacial score (nSPS) is 16.0. The summed E-state index contributed by atoms with van der Waals surface area (Å²) >= 11 is 0. The average molecular weight is 347 g/mol. The van der Waals surface area contributed by atoms with E-state index in [0.717, 1.165) is 6.07 Å². The Hall–Kier alpha value is -2.20. The van der Waals surface area contributed by atoms with Crippen LogP contribution < -0.4 is 5.32 Å². The fraction of sp³-hybridized carbons (Fsp3) is 0.500. The molecular formula is C14H16F3N3O4. The molecule has 132 valence electrons. The van der Waals surface area contributed by atoms with Gasteiger partial charge < -0.3 is 10.1 Å². The molecule has 2 rings (SSSR count). The lowest BCUT2D eigenvalue weighted by atomic mass is 10.1. The summed E-state index contributed by atoms with van der Waals surface area (Å²) < 4.78 is 43.6. The monoisotopic (exact) mass is 347 g/mol. The highest BCUT2D eigenvalue weighted by atomic mass is 19.4. The molecule has 24 heavy (non-hydrogen) atoms. The fourth-order valence-corrected chi connectivity index (χ4v) is 2.27. The average Bonchev–Trinajstić information content (AvgIpc) is 2.54. The molecule has 1 aromatic carbocycles. The first-order valence-corrected chi connectivity index (χ1v) is 7.22. The molecule has 7 nitrogen and oxygen atoms in total. The largest absolute Gasteiger partial charge is 0.416 e. The van der Waals surface area contributed by atoms with E-state index in [0.29, 0.717) is 45.0 Å². The zero-order chi connectivity index (χ0) is 17.7. The first-order chi connectivity index (χ1) is 11.3. The number of carbonyl (C=O) groups excluding carboxylic acids is 1. The smallest absolute Gasteiger partial charge is 0.379 e. The number of amides is 1. The molecule has 0 aliphatic carbocycles. The maximum absolute atomic E-state index is 12.8. The number of nitrogens with one attached hydrogen (secondary N) is 1. The lowest BCUT2D eigenvalue weighted by molar-refractivity contribution is -0.385. The zero-order valence-electron chi connectivity index (χ0n) is 12.6. The summed E-state index contributed by atoms with van der Waals surface area (Å²) in [5.74, 6) is -0.780. The molecule has 1 saturated heterocycles. The number of ether oxygens (including phenoxy) is 1. The predicted molar refractivity (Wildman–Crippen MR) is 77.7 cm³/mol. The van der Waals surface area contributed by atoms with Gasteiger partial charge in [-0.25, -0.2) is 0 Å². The Balaban J connectivity index is 2.04. The van der Waals surface area contributed by atoms with Crippen LogP contribution in [0.15, 0.2) is 18.2 Å². The summed E-state index contributed by atoms with van der Waals surface area (Å²) in [7, 11) is 0. The van der Waals surface area contributed by atoms with Gasteiger partial charge in [0.15, 0.2) is 0 Å². The molecule has 0 unspecified atom stereocenters. The van der Waals surface area contributed by atoms with Gasteiger partial charge in [-0.1, -0.05) is 0 Å². The lowest BCUT2D eigenvalue weighted by Crippen LogP contribution is -2.41. The number of nitrogens with zero attached hydrogens (tertiary/aromatic N) is 2. The second-order valence-electron chi connectivity index (χ2n) is 5.23. The van der Waals surface area contributed by atoms with Crippen molar-refractivity contribution < 1.29 is 27.6 Å². The van der Waals surface area contributed by atoms with E-state index in [2.05, 4.69) is 5.32 Å². The van der Waals surface area contributed by atoms with E-state index >= 15 is 0 Å². The van der Waals surface area contributed by atoms with E-state index in [4.69, 9.17) is 4.74 Å². The number of non-ortho nitro benzene ring substituents is 1. The molecule has 1 heterocycles. The first-order valence-electron chi connectivity index (χ1n) is 7.22. The van der Waals surface area contributed by atoms with Crippen LogP contribution in [0.3, 0.4) is 0 Å². The number of alkyl halides is 3. The van der Waals surface area contributed by atoms with Crippen LogP contribution in [0.5, 0.6) is 0 Å². The van der Waals surface area contributed by atoms with E-state index in [-0.39, 0.29) is 6.54 Å². The number of nitro benzene ring substituents is 1. The van der Waals surface area contributed by atoms with E-state index in [1.807, 2.05) is 4.90 Å². The minimum atomic E-state index is -4.77. The van der Waals surface area contributed by atoms with Gasteiger partial charge in [-0.05, 0) is 6.07 Å².